The SMILES string of the molecule is CC(C)N(C(=O)COC(=O)[C@@H](C)N1C(=O)c2ccccc2C1=O)C1CCCCC1. The molecular formula is C22H28N2O5. The van der Waals surface area contributed by atoms with Gasteiger partial charge in [0.15, 0.2) is 6.61 Å². The van der Waals surface area contributed by atoms with E-state index in [2.05, 4.69) is 0 Å². The quantitative estimate of drug-likeness (QED) is 0.542. The molecule has 7 nitrogen and oxygen atoms in total. The Hall–Kier alpha value is -2.70. The Morgan fingerprint density at radius 2 is 1.59 bits per heavy atom. The van der Waals surface area contributed by atoms with Crippen molar-refractivity contribution in [3.05, 3.63) is 35.4 Å². The summed E-state index contributed by atoms with van der Waals surface area (Å²) in [5.74, 6) is -2.05. The lowest BCUT2D eigenvalue weighted by molar-refractivity contribution is -0.156. The maximum absolute atomic E-state index is 12.7. The van der Waals surface area contributed by atoms with Crippen LogP contribution in [-0.4, -0.2) is 58.2 Å². The number of nitrogens with zero attached hydrogens (tertiary/aromatic N) is 2. The second-order valence-electron chi connectivity index (χ2n) is 8.00. The maximum atomic E-state index is 12.7. The number of imide groups is 1. The van der Waals surface area contributed by atoms with Crippen molar-refractivity contribution in [2.45, 2.75) is 71.0 Å². The van der Waals surface area contributed by atoms with Gasteiger partial charge in [0.2, 0.25) is 0 Å². The van der Waals surface area contributed by atoms with E-state index in [1.54, 1.807) is 29.2 Å². The summed E-state index contributed by atoms with van der Waals surface area (Å²) in [7, 11) is 0. The number of ether oxygens (including phenoxy) is 1. The van der Waals surface area contributed by atoms with Crippen molar-refractivity contribution >= 4 is 23.7 Å². The van der Waals surface area contributed by atoms with E-state index in [1.165, 1.54) is 13.3 Å². The van der Waals surface area contributed by atoms with E-state index >= 15 is 0 Å². The van der Waals surface area contributed by atoms with Gasteiger partial charge >= 0.3 is 5.97 Å². The lowest BCUT2D eigenvalue weighted by Crippen LogP contribution is -2.48. The van der Waals surface area contributed by atoms with Crippen molar-refractivity contribution < 1.29 is 23.9 Å². The topological polar surface area (TPSA) is 84.0 Å². The van der Waals surface area contributed by atoms with Gasteiger partial charge in [-0.05, 0) is 45.7 Å². The highest BCUT2D eigenvalue weighted by molar-refractivity contribution is 6.22. The van der Waals surface area contributed by atoms with Gasteiger partial charge in [-0.1, -0.05) is 31.4 Å². The molecule has 0 radical (unpaired) electrons. The molecule has 7 heteroatoms. The first kappa shape index (κ1) is 21.0. The van der Waals surface area contributed by atoms with E-state index in [-0.39, 0.29) is 35.7 Å². The molecule has 1 aliphatic heterocycles. The first-order chi connectivity index (χ1) is 13.8. The Bertz CT molecular complexity index is 778. The molecule has 0 aromatic heterocycles. The highest BCUT2D eigenvalue weighted by atomic mass is 16.5. The minimum atomic E-state index is -1.10. The Labute approximate surface area is 171 Å². The minimum absolute atomic E-state index is 0.0120. The number of hydrogen-bond donors (Lipinski definition) is 0. The van der Waals surface area contributed by atoms with Crippen LogP contribution in [-0.2, 0) is 14.3 Å². The molecule has 156 valence electrons. The van der Waals surface area contributed by atoms with Gasteiger partial charge < -0.3 is 9.64 Å². The van der Waals surface area contributed by atoms with Crippen LogP contribution >= 0.6 is 0 Å². The lowest BCUT2D eigenvalue weighted by atomic mass is 9.93. The molecule has 29 heavy (non-hydrogen) atoms. The Kier molecular flexibility index (Phi) is 6.35. The van der Waals surface area contributed by atoms with Gasteiger partial charge in [-0.15, -0.1) is 0 Å². The monoisotopic (exact) mass is 400 g/mol. The standard InChI is InChI=1S/C22H28N2O5/c1-14(2)23(16-9-5-4-6-10-16)19(25)13-29-22(28)15(3)24-20(26)17-11-7-8-12-18(17)21(24)27/h7-8,11-12,14-16H,4-6,9-10,13H2,1-3H3/t15-/m1/s1. The predicted octanol–water partition coefficient (Wildman–Crippen LogP) is 2.78. The Morgan fingerprint density at radius 1 is 1.03 bits per heavy atom. The van der Waals surface area contributed by atoms with Crippen LogP contribution in [0.2, 0.25) is 0 Å². The number of carbonyl (C=O) groups excluding carboxylic acids is 4. The third-order valence-corrected chi connectivity index (χ3v) is 5.70. The molecule has 1 heterocycles. The molecule has 1 aromatic carbocycles. The van der Waals surface area contributed by atoms with Gasteiger partial charge in [0.1, 0.15) is 6.04 Å². The molecule has 0 spiro atoms. The van der Waals surface area contributed by atoms with Crippen molar-refractivity contribution in [3.8, 4) is 0 Å². The largest absolute Gasteiger partial charge is 0.454 e. The highest BCUT2D eigenvalue weighted by Crippen LogP contribution is 2.26. The fourth-order valence-electron chi connectivity index (χ4n) is 4.27. The molecule has 0 saturated heterocycles. The molecule has 2 aliphatic rings. The maximum Gasteiger partial charge on any atom is 0.329 e. The summed E-state index contributed by atoms with van der Waals surface area (Å²) in [6.07, 6.45) is 5.30. The summed E-state index contributed by atoms with van der Waals surface area (Å²) >= 11 is 0. The zero-order valence-electron chi connectivity index (χ0n) is 17.2. The molecule has 1 aliphatic carbocycles. The second kappa shape index (κ2) is 8.76. The van der Waals surface area contributed by atoms with Crippen LogP contribution in [0.3, 0.4) is 0 Å². The number of benzene rings is 1. The zero-order valence-corrected chi connectivity index (χ0v) is 17.2. The molecule has 0 unspecified atom stereocenters. The third-order valence-electron chi connectivity index (χ3n) is 5.70. The van der Waals surface area contributed by atoms with E-state index in [0.29, 0.717) is 0 Å². The first-order valence-electron chi connectivity index (χ1n) is 10.3. The fraction of sp³-hybridized carbons (Fsp3) is 0.545. The van der Waals surface area contributed by atoms with Crippen molar-refractivity contribution in [2.75, 3.05) is 6.61 Å². The number of hydrogen-bond acceptors (Lipinski definition) is 5. The van der Waals surface area contributed by atoms with Gasteiger partial charge in [0.05, 0.1) is 11.1 Å². The van der Waals surface area contributed by atoms with Crippen LogP contribution in [0, 0.1) is 0 Å². The minimum Gasteiger partial charge on any atom is -0.454 e. The predicted molar refractivity (Wildman–Crippen MR) is 106 cm³/mol. The van der Waals surface area contributed by atoms with Crippen molar-refractivity contribution in [2.24, 2.45) is 0 Å². The van der Waals surface area contributed by atoms with E-state index in [4.69, 9.17) is 4.74 Å². The van der Waals surface area contributed by atoms with Crippen molar-refractivity contribution in [1.29, 1.82) is 0 Å². The number of rotatable bonds is 6. The molecule has 0 bridgehead atoms. The third kappa shape index (κ3) is 4.18. The normalized spacial score (nSPS) is 18.0. The molecule has 1 aromatic rings. The van der Waals surface area contributed by atoms with Crippen molar-refractivity contribution in [3.63, 3.8) is 0 Å². The lowest BCUT2D eigenvalue weighted by Gasteiger charge is -2.37. The van der Waals surface area contributed by atoms with Crippen LogP contribution in [0.25, 0.3) is 0 Å². The molecule has 0 N–H and O–H groups in total. The van der Waals surface area contributed by atoms with Crippen LogP contribution < -0.4 is 0 Å². The number of carbonyl (C=O) groups is 4. The number of fused-ring (bicyclic) bond motifs is 1. The van der Waals surface area contributed by atoms with Gasteiger partial charge in [0, 0.05) is 12.1 Å². The average Bonchev–Trinajstić information content (AvgIpc) is 2.97. The molecule has 1 fully saturated rings. The van der Waals surface area contributed by atoms with Gasteiger partial charge in [-0.3, -0.25) is 19.3 Å². The molecule has 1 saturated carbocycles. The van der Waals surface area contributed by atoms with Gasteiger partial charge in [0.25, 0.3) is 17.7 Å². The summed E-state index contributed by atoms with van der Waals surface area (Å²) in [6.45, 7) is 4.96. The van der Waals surface area contributed by atoms with Crippen LogP contribution in [0.5, 0.6) is 0 Å². The summed E-state index contributed by atoms with van der Waals surface area (Å²) in [5, 5.41) is 0. The van der Waals surface area contributed by atoms with E-state index in [9.17, 15) is 19.2 Å². The Balaban J connectivity index is 1.62. The van der Waals surface area contributed by atoms with Crippen LogP contribution in [0.1, 0.15) is 73.6 Å². The number of amides is 3. The van der Waals surface area contributed by atoms with Crippen molar-refractivity contribution in [1.82, 2.24) is 9.80 Å². The van der Waals surface area contributed by atoms with E-state index < -0.39 is 23.8 Å². The average molecular weight is 400 g/mol. The van der Waals surface area contributed by atoms with Crippen LogP contribution in [0.4, 0.5) is 0 Å². The summed E-state index contributed by atoms with van der Waals surface area (Å²) in [5.41, 5.74) is 0.549. The summed E-state index contributed by atoms with van der Waals surface area (Å²) < 4.78 is 5.22. The smallest absolute Gasteiger partial charge is 0.329 e. The van der Waals surface area contributed by atoms with E-state index in [0.717, 1.165) is 30.6 Å². The summed E-state index contributed by atoms with van der Waals surface area (Å²) in [6, 6.07) is 5.53. The van der Waals surface area contributed by atoms with E-state index in [1.807, 2.05) is 13.8 Å². The second-order valence-corrected chi connectivity index (χ2v) is 8.00. The fourth-order valence-corrected chi connectivity index (χ4v) is 4.27. The zero-order chi connectivity index (χ0) is 21.1. The van der Waals surface area contributed by atoms with Crippen LogP contribution in [0.15, 0.2) is 24.3 Å². The Morgan fingerprint density at radius 3 is 2.10 bits per heavy atom. The molecular weight excluding hydrogens is 372 g/mol. The first-order valence-corrected chi connectivity index (χ1v) is 10.3. The van der Waals surface area contributed by atoms with Gasteiger partial charge in [-0.25, -0.2) is 4.79 Å². The number of esters is 1. The summed E-state index contributed by atoms with van der Waals surface area (Å²) in [4.78, 5) is 53.0. The highest BCUT2D eigenvalue weighted by Gasteiger charge is 2.41. The molecule has 3 amide bonds. The molecule has 1 atom stereocenters. The van der Waals surface area contributed by atoms with Gasteiger partial charge in [-0.2, -0.15) is 0 Å². The molecule has 3 rings (SSSR count).